The summed E-state index contributed by atoms with van der Waals surface area (Å²) in [5, 5.41) is 0. The van der Waals surface area contributed by atoms with Gasteiger partial charge in [-0.3, -0.25) is 0 Å². The number of hydrogen-bond acceptors (Lipinski definition) is 5. The van der Waals surface area contributed by atoms with Crippen LogP contribution in [0.25, 0.3) is 11.5 Å². The second-order valence-corrected chi connectivity index (χ2v) is 7.28. The van der Waals surface area contributed by atoms with Gasteiger partial charge in [0.05, 0.1) is 18.8 Å². The van der Waals surface area contributed by atoms with Crippen molar-refractivity contribution in [1.82, 2.24) is 9.29 Å². The maximum atomic E-state index is 12.0. The summed E-state index contributed by atoms with van der Waals surface area (Å²) in [7, 11) is -3.37. The van der Waals surface area contributed by atoms with Gasteiger partial charge in [0.1, 0.15) is 5.76 Å². The molecule has 3 rings (SSSR count). The number of aryl methyl sites for hydroxylation is 2. The van der Waals surface area contributed by atoms with Gasteiger partial charge >= 0.3 is 0 Å². The summed E-state index contributed by atoms with van der Waals surface area (Å²) in [6.07, 6.45) is 0. The zero-order valence-corrected chi connectivity index (χ0v) is 13.4. The number of ether oxygens (including phenoxy) is 1. The largest absolute Gasteiger partial charge is 0.441 e. The summed E-state index contributed by atoms with van der Waals surface area (Å²) in [5.41, 5.74) is 2.68. The van der Waals surface area contributed by atoms with Crippen molar-refractivity contribution >= 4 is 10.0 Å². The lowest BCUT2D eigenvalue weighted by molar-refractivity contribution is 0.130. The molecule has 1 fully saturated rings. The van der Waals surface area contributed by atoms with E-state index in [1.54, 1.807) is 6.92 Å². The monoisotopic (exact) mass is 322 g/mol. The molecule has 1 aromatic heterocycles. The zero-order chi connectivity index (χ0) is 15.7. The first-order chi connectivity index (χ1) is 10.5. The van der Waals surface area contributed by atoms with E-state index in [0.29, 0.717) is 30.5 Å². The molecule has 1 aliphatic rings. The van der Waals surface area contributed by atoms with Crippen LogP contribution in [0.4, 0.5) is 0 Å². The lowest BCUT2D eigenvalue weighted by Gasteiger charge is -2.25. The first-order valence-corrected chi connectivity index (χ1v) is 8.65. The number of rotatable bonds is 3. The molecule has 118 valence electrons. The van der Waals surface area contributed by atoms with Crippen LogP contribution in [0.2, 0.25) is 0 Å². The minimum absolute atomic E-state index is 0.215. The summed E-state index contributed by atoms with van der Waals surface area (Å²) in [6.45, 7) is 4.77. The van der Waals surface area contributed by atoms with Crippen LogP contribution in [0, 0.1) is 13.8 Å². The molecule has 0 N–H and O–H groups in total. The highest BCUT2D eigenvalue weighted by Gasteiger charge is 2.28. The molecule has 0 saturated carbocycles. The first kappa shape index (κ1) is 15.2. The fraction of sp³-hybridized carbons (Fsp3) is 0.400. The SMILES string of the molecule is Cc1ccc(-c2nc(CN3CCOCS3(=O)=O)c(C)o2)cc1. The smallest absolute Gasteiger partial charge is 0.238 e. The van der Waals surface area contributed by atoms with Crippen LogP contribution in [0.15, 0.2) is 28.7 Å². The fourth-order valence-electron chi connectivity index (χ4n) is 2.28. The number of aromatic nitrogens is 1. The predicted octanol–water partition coefficient (Wildman–Crippen LogP) is 2.08. The normalized spacial score (nSPS) is 18.5. The highest BCUT2D eigenvalue weighted by molar-refractivity contribution is 7.88. The Bertz CT molecular complexity index is 765. The maximum absolute atomic E-state index is 12.0. The van der Waals surface area contributed by atoms with Gasteiger partial charge in [-0.25, -0.2) is 13.4 Å². The van der Waals surface area contributed by atoms with E-state index in [1.807, 2.05) is 31.2 Å². The molecule has 2 heterocycles. The Morgan fingerprint density at radius 3 is 2.64 bits per heavy atom. The second-order valence-electron chi connectivity index (χ2n) is 5.36. The number of sulfonamides is 1. The van der Waals surface area contributed by atoms with Crippen molar-refractivity contribution in [2.75, 3.05) is 19.1 Å². The molecule has 0 bridgehead atoms. The third-order valence-corrected chi connectivity index (χ3v) is 5.19. The minimum Gasteiger partial charge on any atom is -0.441 e. The Morgan fingerprint density at radius 1 is 1.23 bits per heavy atom. The van der Waals surface area contributed by atoms with E-state index < -0.39 is 10.0 Å². The molecule has 0 atom stereocenters. The van der Waals surface area contributed by atoms with E-state index in [0.717, 1.165) is 11.1 Å². The highest BCUT2D eigenvalue weighted by Crippen LogP contribution is 2.24. The lowest BCUT2D eigenvalue weighted by atomic mass is 10.1. The van der Waals surface area contributed by atoms with E-state index in [9.17, 15) is 8.42 Å². The van der Waals surface area contributed by atoms with Crippen LogP contribution in [0.1, 0.15) is 17.0 Å². The maximum Gasteiger partial charge on any atom is 0.238 e. The van der Waals surface area contributed by atoms with Gasteiger partial charge in [0, 0.05) is 12.1 Å². The molecule has 0 spiro atoms. The van der Waals surface area contributed by atoms with Crippen molar-refractivity contribution in [3.63, 3.8) is 0 Å². The Labute approximate surface area is 129 Å². The van der Waals surface area contributed by atoms with Crippen molar-refractivity contribution in [3.8, 4) is 11.5 Å². The van der Waals surface area contributed by atoms with E-state index in [4.69, 9.17) is 9.15 Å². The van der Waals surface area contributed by atoms with Crippen LogP contribution < -0.4 is 0 Å². The summed E-state index contributed by atoms with van der Waals surface area (Å²) in [6, 6.07) is 7.85. The number of oxazole rings is 1. The van der Waals surface area contributed by atoms with Gasteiger partial charge in [0.25, 0.3) is 0 Å². The van der Waals surface area contributed by atoms with Gasteiger partial charge < -0.3 is 9.15 Å². The molecule has 7 heteroatoms. The fourth-order valence-corrected chi connectivity index (χ4v) is 3.43. The molecule has 2 aromatic rings. The minimum atomic E-state index is -3.37. The van der Waals surface area contributed by atoms with Gasteiger partial charge in [-0.2, -0.15) is 4.31 Å². The van der Waals surface area contributed by atoms with Crippen molar-refractivity contribution in [1.29, 1.82) is 0 Å². The van der Waals surface area contributed by atoms with Gasteiger partial charge in [0.2, 0.25) is 15.9 Å². The van der Waals surface area contributed by atoms with Crippen LogP contribution in [-0.4, -0.2) is 36.8 Å². The predicted molar refractivity (Wildman–Crippen MR) is 81.6 cm³/mol. The molecule has 22 heavy (non-hydrogen) atoms. The van der Waals surface area contributed by atoms with Gasteiger partial charge in [-0.05, 0) is 26.0 Å². The first-order valence-electron chi connectivity index (χ1n) is 7.04. The average Bonchev–Trinajstić information content (AvgIpc) is 2.83. The summed E-state index contributed by atoms with van der Waals surface area (Å²) in [4.78, 5) is 4.46. The molecule has 0 radical (unpaired) electrons. The van der Waals surface area contributed by atoms with Gasteiger partial charge in [0.15, 0.2) is 5.94 Å². The van der Waals surface area contributed by atoms with Gasteiger partial charge in [-0.1, -0.05) is 17.7 Å². The van der Waals surface area contributed by atoms with Crippen molar-refractivity contribution < 1.29 is 17.6 Å². The lowest BCUT2D eigenvalue weighted by Crippen LogP contribution is -2.40. The average molecular weight is 322 g/mol. The molecule has 1 saturated heterocycles. The van der Waals surface area contributed by atoms with Gasteiger partial charge in [-0.15, -0.1) is 0 Å². The Hall–Kier alpha value is -1.70. The highest BCUT2D eigenvalue weighted by atomic mass is 32.2. The van der Waals surface area contributed by atoms with Crippen molar-refractivity contribution in [2.24, 2.45) is 0 Å². The molecule has 0 aliphatic carbocycles. The standard InChI is InChI=1S/C15H18N2O4S/c1-11-3-5-13(6-4-11)15-16-14(12(2)21-15)9-17-7-8-20-10-22(17,18)19/h3-6H,7-10H2,1-2H3. The van der Waals surface area contributed by atoms with E-state index >= 15 is 0 Å². The molecule has 0 amide bonds. The topological polar surface area (TPSA) is 72.6 Å². The van der Waals surface area contributed by atoms with Crippen LogP contribution in [-0.2, 0) is 21.3 Å². The quantitative estimate of drug-likeness (QED) is 0.865. The van der Waals surface area contributed by atoms with E-state index in [1.165, 1.54) is 4.31 Å². The van der Waals surface area contributed by atoms with Crippen molar-refractivity contribution in [2.45, 2.75) is 20.4 Å². The van der Waals surface area contributed by atoms with Crippen LogP contribution in [0.5, 0.6) is 0 Å². The Morgan fingerprint density at radius 2 is 1.95 bits per heavy atom. The second kappa shape index (κ2) is 5.83. The molecule has 6 nitrogen and oxygen atoms in total. The number of hydrogen-bond donors (Lipinski definition) is 0. The Balaban J connectivity index is 1.85. The molecular weight excluding hydrogens is 304 g/mol. The van der Waals surface area contributed by atoms with E-state index in [2.05, 4.69) is 4.98 Å². The Kier molecular flexibility index (Phi) is 4.03. The van der Waals surface area contributed by atoms with Crippen molar-refractivity contribution in [3.05, 3.63) is 41.3 Å². The third-order valence-electron chi connectivity index (χ3n) is 3.63. The van der Waals surface area contributed by atoms with E-state index in [-0.39, 0.29) is 12.5 Å². The number of nitrogens with zero attached hydrogens (tertiary/aromatic N) is 2. The molecule has 1 aromatic carbocycles. The zero-order valence-electron chi connectivity index (χ0n) is 12.6. The molecular formula is C15H18N2O4S. The molecule has 0 unspecified atom stereocenters. The summed E-state index contributed by atoms with van der Waals surface area (Å²) < 4.78 is 36.0. The van der Waals surface area contributed by atoms with Crippen LogP contribution in [0.3, 0.4) is 0 Å². The summed E-state index contributed by atoms with van der Waals surface area (Å²) in [5.74, 6) is 0.879. The number of benzene rings is 1. The molecule has 1 aliphatic heterocycles. The summed E-state index contributed by atoms with van der Waals surface area (Å²) >= 11 is 0. The van der Waals surface area contributed by atoms with Crippen LogP contribution >= 0.6 is 0 Å². The third kappa shape index (κ3) is 3.06.